The average Bonchev–Trinajstić information content (AvgIpc) is 2.79. The highest BCUT2D eigenvalue weighted by molar-refractivity contribution is 8.00. The molecule has 0 bridgehead atoms. The van der Waals surface area contributed by atoms with E-state index in [4.69, 9.17) is 5.11 Å². The van der Waals surface area contributed by atoms with Crippen LogP contribution in [0.3, 0.4) is 0 Å². The Labute approximate surface area is 114 Å². The van der Waals surface area contributed by atoms with E-state index in [0.717, 1.165) is 4.90 Å². The van der Waals surface area contributed by atoms with E-state index in [1.807, 2.05) is 0 Å². The summed E-state index contributed by atoms with van der Waals surface area (Å²) < 4.78 is 0. The number of aromatic nitrogens is 1. The maximum Gasteiger partial charge on any atom is 0.326 e. The zero-order valence-corrected chi connectivity index (χ0v) is 10.9. The molecular formula is C12H14N2O4S. The van der Waals surface area contributed by atoms with Crippen molar-refractivity contribution >= 4 is 23.6 Å². The summed E-state index contributed by atoms with van der Waals surface area (Å²) in [4.78, 5) is 29.0. The van der Waals surface area contributed by atoms with Gasteiger partial charge in [0.15, 0.2) is 0 Å². The Morgan fingerprint density at radius 3 is 2.74 bits per heavy atom. The Hall–Kier alpha value is -1.60. The minimum absolute atomic E-state index is 0.0900. The second-order valence-electron chi connectivity index (χ2n) is 4.26. The summed E-state index contributed by atoms with van der Waals surface area (Å²) in [7, 11) is 0. The predicted molar refractivity (Wildman–Crippen MR) is 68.7 cm³/mol. The van der Waals surface area contributed by atoms with Crippen molar-refractivity contribution in [1.82, 2.24) is 9.88 Å². The molecule has 2 heterocycles. The van der Waals surface area contributed by atoms with Crippen molar-refractivity contribution in [1.29, 1.82) is 0 Å². The first kappa shape index (κ1) is 13.8. The molecule has 1 fully saturated rings. The highest BCUT2D eigenvalue weighted by atomic mass is 32.2. The number of β-amino-alcohol motifs (C(OH)–C–C–N with tert-alkyl or cyclic N) is 1. The van der Waals surface area contributed by atoms with Crippen molar-refractivity contribution in [3.63, 3.8) is 0 Å². The average molecular weight is 282 g/mol. The first-order valence-electron chi connectivity index (χ1n) is 5.81. The molecule has 7 heteroatoms. The van der Waals surface area contributed by atoms with Crippen LogP contribution >= 0.6 is 11.8 Å². The smallest absolute Gasteiger partial charge is 0.326 e. The van der Waals surface area contributed by atoms with E-state index in [1.54, 1.807) is 24.5 Å². The Bertz CT molecular complexity index is 468. The maximum atomic E-state index is 12.0. The molecule has 0 spiro atoms. The van der Waals surface area contributed by atoms with Gasteiger partial charge in [-0.05, 0) is 12.1 Å². The lowest BCUT2D eigenvalue weighted by Crippen LogP contribution is -2.41. The number of aliphatic carboxylic acids is 1. The van der Waals surface area contributed by atoms with Gasteiger partial charge in [0, 0.05) is 30.3 Å². The van der Waals surface area contributed by atoms with Crippen LogP contribution in [0.1, 0.15) is 6.42 Å². The number of carbonyl (C=O) groups is 2. The Balaban J connectivity index is 1.94. The monoisotopic (exact) mass is 282 g/mol. The molecule has 0 radical (unpaired) electrons. The van der Waals surface area contributed by atoms with E-state index in [1.165, 1.54) is 16.7 Å². The Morgan fingerprint density at radius 1 is 1.42 bits per heavy atom. The summed E-state index contributed by atoms with van der Waals surface area (Å²) in [6.07, 6.45) is 2.61. The van der Waals surface area contributed by atoms with Gasteiger partial charge in [0.2, 0.25) is 5.91 Å². The zero-order valence-electron chi connectivity index (χ0n) is 10.1. The molecule has 0 unspecified atom stereocenters. The summed E-state index contributed by atoms with van der Waals surface area (Å²) in [6, 6.07) is 2.65. The molecule has 102 valence electrons. The van der Waals surface area contributed by atoms with Crippen LogP contribution in [0.5, 0.6) is 0 Å². The topological polar surface area (TPSA) is 90.7 Å². The van der Waals surface area contributed by atoms with Crippen molar-refractivity contribution in [2.24, 2.45) is 0 Å². The second-order valence-corrected chi connectivity index (χ2v) is 5.31. The van der Waals surface area contributed by atoms with Gasteiger partial charge >= 0.3 is 5.97 Å². The molecule has 19 heavy (non-hydrogen) atoms. The Kier molecular flexibility index (Phi) is 4.39. The summed E-state index contributed by atoms with van der Waals surface area (Å²) in [6.45, 7) is 0.0900. The number of likely N-dealkylation sites (tertiary alicyclic amines) is 1. The third kappa shape index (κ3) is 3.45. The van der Waals surface area contributed by atoms with E-state index in [9.17, 15) is 14.7 Å². The van der Waals surface area contributed by atoms with Crippen LogP contribution in [-0.2, 0) is 9.59 Å². The van der Waals surface area contributed by atoms with Gasteiger partial charge in [-0.3, -0.25) is 9.78 Å². The number of amides is 1. The van der Waals surface area contributed by atoms with Gasteiger partial charge in [-0.15, -0.1) is 11.8 Å². The molecule has 6 nitrogen and oxygen atoms in total. The summed E-state index contributed by atoms with van der Waals surface area (Å²) in [5.74, 6) is -1.19. The van der Waals surface area contributed by atoms with Gasteiger partial charge in [-0.2, -0.15) is 0 Å². The van der Waals surface area contributed by atoms with Crippen molar-refractivity contribution in [3.05, 3.63) is 24.5 Å². The van der Waals surface area contributed by atoms with Gasteiger partial charge in [0.25, 0.3) is 0 Å². The second kappa shape index (κ2) is 6.03. The first-order valence-corrected chi connectivity index (χ1v) is 6.79. The van der Waals surface area contributed by atoms with Gasteiger partial charge in [0.1, 0.15) is 6.04 Å². The van der Waals surface area contributed by atoms with Crippen molar-refractivity contribution in [2.75, 3.05) is 12.3 Å². The predicted octanol–water partition coefficient (Wildman–Crippen LogP) is 0.220. The van der Waals surface area contributed by atoms with E-state index in [2.05, 4.69) is 4.98 Å². The molecule has 1 saturated heterocycles. The number of carboxylic acid groups (broad SMARTS) is 1. The Morgan fingerprint density at radius 2 is 2.11 bits per heavy atom. The fraction of sp³-hybridized carbons (Fsp3) is 0.417. The van der Waals surface area contributed by atoms with Crippen LogP contribution in [0.15, 0.2) is 29.4 Å². The van der Waals surface area contributed by atoms with Crippen LogP contribution in [0.2, 0.25) is 0 Å². The fourth-order valence-corrected chi connectivity index (χ4v) is 2.76. The molecule has 2 N–H and O–H groups in total. The number of nitrogens with zero attached hydrogens (tertiary/aromatic N) is 2. The molecule has 0 saturated carbocycles. The van der Waals surface area contributed by atoms with Gasteiger partial charge in [0.05, 0.1) is 11.9 Å². The van der Waals surface area contributed by atoms with E-state index >= 15 is 0 Å². The van der Waals surface area contributed by atoms with Crippen molar-refractivity contribution in [3.8, 4) is 0 Å². The molecule has 1 aliphatic rings. The number of pyridine rings is 1. The zero-order chi connectivity index (χ0) is 13.8. The van der Waals surface area contributed by atoms with E-state index < -0.39 is 18.1 Å². The molecule has 2 rings (SSSR count). The highest BCUT2D eigenvalue weighted by Gasteiger charge is 2.38. The lowest BCUT2D eigenvalue weighted by molar-refractivity contribution is -0.147. The van der Waals surface area contributed by atoms with E-state index in [0.29, 0.717) is 0 Å². The molecule has 0 aromatic carbocycles. The molecule has 1 aliphatic heterocycles. The van der Waals surface area contributed by atoms with Gasteiger partial charge in [-0.25, -0.2) is 4.79 Å². The van der Waals surface area contributed by atoms with Gasteiger partial charge < -0.3 is 15.1 Å². The lowest BCUT2D eigenvalue weighted by atomic mass is 10.2. The quantitative estimate of drug-likeness (QED) is 0.768. The number of carboxylic acids is 1. The number of hydrogen-bond acceptors (Lipinski definition) is 5. The van der Waals surface area contributed by atoms with Crippen molar-refractivity contribution in [2.45, 2.75) is 23.5 Å². The first-order chi connectivity index (χ1) is 9.08. The maximum absolute atomic E-state index is 12.0. The summed E-state index contributed by atoms with van der Waals surface area (Å²) in [5.41, 5.74) is 0. The van der Waals surface area contributed by atoms with Crippen LogP contribution < -0.4 is 0 Å². The molecule has 0 aliphatic carbocycles. The number of carbonyl (C=O) groups excluding carboxylic acids is 1. The molecule has 1 aromatic heterocycles. The number of aliphatic hydroxyl groups excluding tert-OH is 1. The third-order valence-corrected chi connectivity index (χ3v) is 3.89. The third-order valence-electron chi connectivity index (χ3n) is 2.90. The van der Waals surface area contributed by atoms with E-state index in [-0.39, 0.29) is 24.6 Å². The number of aliphatic hydroxyl groups is 1. The van der Waals surface area contributed by atoms with Crippen LogP contribution in [0.4, 0.5) is 0 Å². The van der Waals surface area contributed by atoms with Crippen LogP contribution in [0.25, 0.3) is 0 Å². The number of rotatable bonds is 4. The lowest BCUT2D eigenvalue weighted by Gasteiger charge is -2.20. The fourth-order valence-electron chi connectivity index (χ4n) is 1.99. The largest absolute Gasteiger partial charge is 0.480 e. The standard InChI is InChI=1S/C12H14N2O4S/c15-8-5-10(12(17)18)14(6-8)11(16)7-19-9-1-3-13-4-2-9/h1-4,8,10,15H,5-7H2,(H,17,18)/t8-,10+/m1/s1. The SMILES string of the molecule is O=C(O)[C@@H]1C[C@@H](O)CN1C(=O)CSc1ccncc1. The molecule has 2 atom stereocenters. The van der Waals surface area contributed by atoms with Crippen molar-refractivity contribution < 1.29 is 19.8 Å². The number of thioether (sulfide) groups is 1. The van der Waals surface area contributed by atoms with Crippen LogP contribution in [0, 0.1) is 0 Å². The minimum Gasteiger partial charge on any atom is -0.480 e. The normalized spacial score (nSPS) is 22.5. The molecule has 1 aromatic rings. The summed E-state index contributed by atoms with van der Waals surface area (Å²) in [5, 5.41) is 18.5. The molecular weight excluding hydrogens is 268 g/mol. The minimum atomic E-state index is -1.07. The van der Waals surface area contributed by atoms with Gasteiger partial charge in [-0.1, -0.05) is 0 Å². The highest BCUT2D eigenvalue weighted by Crippen LogP contribution is 2.22. The molecule has 1 amide bonds. The summed E-state index contributed by atoms with van der Waals surface area (Å²) >= 11 is 1.32. The number of hydrogen-bond donors (Lipinski definition) is 2. The van der Waals surface area contributed by atoms with Crippen LogP contribution in [-0.4, -0.2) is 56.4 Å².